The highest BCUT2D eigenvalue weighted by Crippen LogP contribution is 2.15. The number of rotatable bonds is 5. The van der Waals surface area contributed by atoms with Gasteiger partial charge in [0.1, 0.15) is 5.71 Å². The molecule has 0 saturated heterocycles. The van der Waals surface area contributed by atoms with Crippen LogP contribution < -0.4 is 0 Å². The highest BCUT2D eigenvalue weighted by atomic mass is 16.6. The zero-order valence-electron chi connectivity index (χ0n) is 14.0. The van der Waals surface area contributed by atoms with Gasteiger partial charge in [-0.15, -0.1) is 0 Å². The van der Waals surface area contributed by atoms with Gasteiger partial charge in [-0.3, -0.25) is 10.1 Å². The third kappa shape index (κ3) is 4.70. The fourth-order valence-corrected chi connectivity index (χ4v) is 2.44. The smallest absolute Gasteiger partial charge is 0.246 e. The van der Waals surface area contributed by atoms with E-state index < -0.39 is 0 Å². The third-order valence-electron chi connectivity index (χ3n) is 3.65. The van der Waals surface area contributed by atoms with Gasteiger partial charge >= 0.3 is 0 Å². The average molecular weight is 343 g/mol. The monoisotopic (exact) mass is 343 g/mol. The second kappa shape index (κ2) is 8.48. The zero-order chi connectivity index (χ0) is 18.2. The Hall–Kier alpha value is -3.60. The van der Waals surface area contributed by atoms with E-state index in [0.29, 0.717) is 17.1 Å². The Morgan fingerprint density at radius 2 is 1.27 bits per heavy atom. The lowest BCUT2D eigenvalue weighted by Gasteiger charge is -2.06. The molecule has 0 unspecified atom stereocenters. The Kier molecular flexibility index (Phi) is 5.62. The number of nitrogens with zero attached hydrogens (tertiary/aromatic N) is 3. The topological polar surface area (TPSA) is 67.9 Å². The van der Waals surface area contributed by atoms with Crippen LogP contribution in [0.15, 0.2) is 101 Å². The zero-order valence-corrected chi connectivity index (χ0v) is 14.0. The molecule has 3 aromatic rings. The Balaban J connectivity index is 2.11. The number of hydrogen-bond donors (Lipinski definition) is 0. The van der Waals surface area contributed by atoms with Crippen LogP contribution >= 0.6 is 0 Å². The lowest BCUT2D eigenvalue weighted by atomic mass is 10.1. The van der Waals surface area contributed by atoms with Crippen LogP contribution in [0.25, 0.3) is 0 Å². The molecule has 0 heterocycles. The molecule has 0 atom stereocenters. The van der Waals surface area contributed by atoms with Gasteiger partial charge in [-0.25, -0.2) is 9.98 Å². The lowest BCUT2D eigenvalue weighted by Crippen LogP contribution is -2.17. The van der Waals surface area contributed by atoms with Crippen molar-refractivity contribution >= 4 is 17.2 Å². The van der Waals surface area contributed by atoms with Crippen molar-refractivity contribution in [2.75, 3.05) is 6.54 Å². The number of nitro groups is 1. The predicted octanol–water partition coefficient (Wildman–Crippen LogP) is 4.53. The Morgan fingerprint density at radius 3 is 1.81 bits per heavy atom. The van der Waals surface area contributed by atoms with Crippen LogP contribution in [0.5, 0.6) is 0 Å². The fraction of sp³-hybridized carbons (Fsp3) is 0.0476. The molecule has 5 nitrogen and oxygen atoms in total. The summed E-state index contributed by atoms with van der Waals surface area (Å²) in [6.07, 6.45) is 0. The molecule has 3 rings (SSSR count). The Labute approximate surface area is 151 Å². The van der Waals surface area contributed by atoms with E-state index in [1.54, 1.807) is 0 Å². The summed E-state index contributed by atoms with van der Waals surface area (Å²) in [6.45, 7) is -0.370. The first-order valence-electron chi connectivity index (χ1n) is 8.16. The number of benzene rings is 3. The first kappa shape index (κ1) is 17.2. The molecule has 0 spiro atoms. The number of hydrogen-bond acceptors (Lipinski definition) is 3. The van der Waals surface area contributed by atoms with Crippen molar-refractivity contribution in [1.82, 2.24) is 0 Å². The van der Waals surface area contributed by atoms with Gasteiger partial charge in [0.25, 0.3) is 0 Å². The molecule has 0 radical (unpaired) electrons. The Bertz CT molecular complexity index is 921. The summed E-state index contributed by atoms with van der Waals surface area (Å²) in [4.78, 5) is 20.0. The largest absolute Gasteiger partial charge is 0.264 e. The van der Waals surface area contributed by atoms with Crippen molar-refractivity contribution in [3.8, 4) is 0 Å². The number of para-hydroxylation sites is 1. The van der Waals surface area contributed by atoms with Gasteiger partial charge in [-0.1, -0.05) is 78.9 Å². The molecule has 0 N–H and O–H groups in total. The van der Waals surface area contributed by atoms with Crippen LogP contribution in [0.4, 0.5) is 5.69 Å². The number of amidine groups is 1. The van der Waals surface area contributed by atoms with E-state index in [4.69, 9.17) is 0 Å². The summed E-state index contributed by atoms with van der Waals surface area (Å²) < 4.78 is 0. The van der Waals surface area contributed by atoms with Crippen molar-refractivity contribution in [3.05, 3.63) is 112 Å². The van der Waals surface area contributed by atoms with Crippen LogP contribution in [0, 0.1) is 10.1 Å². The van der Waals surface area contributed by atoms with Crippen LogP contribution in [0.1, 0.15) is 11.1 Å². The van der Waals surface area contributed by atoms with Gasteiger partial charge in [0.15, 0.2) is 5.84 Å². The van der Waals surface area contributed by atoms with E-state index in [9.17, 15) is 10.1 Å². The Morgan fingerprint density at radius 1 is 0.769 bits per heavy atom. The quantitative estimate of drug-likeness (QED) is 0.295. The van der Waals surface area contributed by atoms with E-state index >= 15 is 0 Å². The molecular formula is C21H17N3O2. The van der Waals surface area contributed by atoms with Crippen LogP contribution in [0.3, 0.4) is 0 Å². The maximum absolute atomic E-state index is 11.1. The standard InChI is InChI=1S/C21H17N3O2/c25-24(26)16-20(17-10-4-1-5-11-17)23-21(18-12-6-2-7-13-18)22-19-14-8-3-9-15-19/h1-15H,16H2. The minimum atomic E-state index is -0.378. The molecule has 5 heteroatoms. The molecule has 0 fully saturated rings. The molecule has 0 amide bonds. The van der Waals surface area contributed by atoms with Crippen molar-refractivity contribution < 1.29 is 4.92 Å². The maximum atomic E-state index is 11.1. The second-order valence-electron chi connectivity index (χ2n) is 5.55. The highest BCUT2D eigenvalue weighted by molar-refractivity contribution is 6.13. The van der Waals surface area contributed by atoms with Gasteiger partial charge in [0.2, 0.25) is 6.54 Å². The maximum Gasteiger partial charge on any atom is 0.246 e. The first-order chi connectivity index (χ1) is 12.7. The highest BCUT2D eigenvalue weighted by Gasteiger charge is 2.13. The SMILES string of the molecule is O=[N+]([O-])CC(=NC(=Nc1ccccc1)c1ccccc1)c1ccccc1. The normalized spacial score (nSPS) is 12.0. The molecule has 3 aromatic carbocycles. The van der Waals surface area contributed by atoms with E-state index in [1.165, 1.54) is 0 Å². The van der Waals surface area contributed by atoms with Crippen LogP contribution in [-0.2, 0) is 0 Å². The summed E-state index contributed by atoms with van der Waals surface area (Å²) in [5.41, 5.74) is 2.62. The molecule has 0 bridgehead atoms. The van der Waals surface area contributed by atoms with Crippen LogP contribution in [0.2, 0.25) is 0 Å². The summed E-state index contributed by atoms with van der Waals surface area (Å²) in [5.74, 6) is 0.442. The molecule has 128 valence electrons. The first-order valence-corrected chi connectivity index (χ1v) is 8.16. The average Bonchev–Trinajstić information content (AvgIpc) is 2.69. The molecule has 0 aliphatic carbocycles. The fourth-order valence-electron chi connectivity index (χ4n) is 2.44. The second-order valence-corrected chi connectivity index (χ2v) is 5.55. The third-order valence-corrected chi connectivity index (χ3v) is 3.65. The van der Waals surface area contributed by atoms with E-state index in [2.05, 4.69) is 9.98 Å². The summed E-state index contributed by atoms with van der Waals surface area (Å²) in [5, 5.41) is 11.1. The van der Waals surface area contributed by atoms with Gasteiger partial charge in [-0.05, 0) is 12.1 Å². The van der Waals surface area contributed by atoms with Crippen molar-refractivity contribution in [2.45, 2.75) is 0 Å². The lowest BCUT2D eigenvalue weighted by molar-refractivity contribution is -0.462. The van der Waals surface area contributed by atoms with Crippen molar-refractivity contribution in [3.63, 3.8) is 0 Å². The van der Waals surface area contributed by atoms with E-state index in [0.717, 1.165) is 11.3 Å². The van der Waals surface area contributed by atoms with Crippen molar-refractivity contribution in [2.24, 2.45) is 9.98 Å². The molecule has 0 aromatic heterocycles. The van der Waals surface area contributed by atoms with E-state index in [1.807, 2.05) is 91.0 Å². The van der Waals surface area contributed by atoms with Gasteiger partial charge < -0.3 is 0 Å². The minimum absolute atomic E-state index is 0.370. The predicted molar refractivity (Wildman–Crippen MR) is 104 cm³/mol. The number of aliphatic imine (C=N–C) groups is 2. The van der Waals surface area contributed by atoms with Gasteiger partial charge in [0, 0.05) is 16.1 Å². The molecule has 26 heavy (non-hydrogen) atoms. The summed E-state index contributed by atoms with van der Waals surface area (Å²) in [6, 6.07) is 28.0. The van der Waals surface area contributed by atoms with Gasteiger partial charge in [0.05, 0.1) is 5.69 Å². The van der Waals surface area contributed by atoms with Crippen LogP contribution in [-0.4, -0.2) is 23.0 Å². The minimum Gasteiger partial charge on any atom is -0.264 e. The molecule has 0 aliphatic rings. The van der Waals surface area contributed by atoms with E-state index in [-0.39, 0.29) is 11.5 Å². The molecule has 0 aliphatic heterocycles. The van der Waals surface area contributed by atoms with Gasteiger partial charge in [-0.2, -0.15) is 0 Å². The molecular weight excluding hydrogens is 326 g/mol. The molecule has 0 saturated carbocycles. The van der Waals surface area contributed by atoms with Crippen molar-refractivity contribution in [1.29, 1.82) is 0 Å². The summed E-state index contributed by atoms with van der Waals surface area (Å²) in [7, 11) is 0. The summed E-state index contributed by atoms with van der Waals surface area (Å²) >= 11 is 0.